The van der Waals surface area contributed by atoms with Gasteiger partial charge in [-0.15, -0.1) is 0 Å². The van der Waals surface area contributed by atoms with Crippen LogP contribution >= 0.6 is 0 Å². The maximum absolute atomic E-state index is 13.0. The number of rotatable bonds is 8. The molecule has 2 rings (SSSR count). The van der Waals surface area contributed by atoms with Crippen LogP contribution in [0.3, 0.4) is 0 Å². The molecule has 1 amide bonds. The first-order valence-electron chi connectivity index (χ1n) is 10.3. The number of anilines is 2. The maximum atomic E-state index is 13.0. The molecule has 13 heteroatoms. The van der Waals surface area contributed by atoms with Gasteiger partial charge in [0.05, 0.1) is 24.3 Å². The van der Waals surface area contributed by atoms with Crippen LogP contribution in [0, 0.1) is 0 Å². The molecular formula is C23H20F6N2O5. The Kier molecular flexibility index (Phi) is 9.09. The number of ether oxygens (including phenoxy) is 2. The van der Waals surface area contributed by atoms with Crippen molar-refractivity contribution in [1.29, 1.82) is 0 Å². The minimum Gasteiger partial charge on any atom is -0.462 e. The molecule has 2 aromatic carbocycles. The van der Waals surface area contributed by atoms with Gasteiger partial charge in [0.2, 0.25) is 0 Å². The van der Waals surface area contributed by atoms with Crippen molar-refractivity contribution >= 4 is 29.2 Å². The Morgan fingerprint density at radius 3 is 1.64 bits per heavy atom. The van der Waals surface area contributed by atoms with Gasteiger partial charge in [0.15, 0.2) is 5.57 Å². The van der Waals surface area contributed by atoms with E-state index in [4.69, 9.17) is 9.47 Å². The number of amides is 1. The summed E-state index contributed by atoms with van der Waals surface area (Å²) in [6.45, 7) is 3.12. The van der Waals surface area contributed by atoms with Gasteiger partial charge in [0, 0.05) is 23.1 Å². The van der Waals surface area contributed by atoms with Gasteiger partial charge < -0.3 is 20.1 Å². The van der Waals surface area contributed by atoms with E-state index in [1.165, 1.54) is 24.3 Å². The number of alkyl halides is 6. The van der Waals surface area contributed by atoms with E-state index in [1.807, 2.05) is 0 Å². The van der Waals surface area contributed by atoms with Gasteiger partial charge in [-0.3, -0.25) is 4.79 Å². The number of esters is 2. The first kappa shape index (κ1) is 28.2. The lowest BCUT2D eigenvalue weighted by atomic mass is 10.0. The summed E-state index contributed by atoms with van der Waals surface area (Å²) in [6.07, 6.45) is -9.14. The van der Waals surface area contributed by atoms with E-state index in [0.717, 1.165) is 6.20 Å². The Morgan fingerprint density at radius 2 is 1.22 bits per heavy atom. The molecule has 0 aliphatic rings. The molecule has 194 valence electrons. The molecule has 0 aliphatic heterocycles. The molecule has 36 heavy (non-hydrogen) atoms. The number of carbonyl (C=O) groups excluding carboxylic acids is 3. The third kappa shape index (κ3) is 7.75. The molecule has 0 fully saturated rings. The summed E-state index contributed by atoms with van der Waals surface area (Å²) < 4.78 is 87.7. The van der Waals surface area contributed by atoms with Gasteiger partial charge in [0.25, 0.3) is 5.91 Å². The second-order valence-corrected chi connectivity index (χ2v) is 6.97. The van der Waals surface area contributed by atoms with E-state index >= 15 is 0 Å². The Labute approximate surface area is 201 Å². The molecule has 2 N–H and O–H groups in total. The third-order valence-electron chi connectivity index (χ3n) is 4.37. The van der Waals surface area contributed by atoms with Crippen molar-refractivity contribution in [3.63, 3.8) is 0 Å². The van der Waals surface area contributed by atoms with Crippen LogP contribution in [0.4, 0.5) is 37.7 Å². The van der Waals surface area contributed by atoms with Crippen molar-refractivity contribution in [3.05, 3.63) is 70.9 Å². The molecule has 0 aromatic heterocycles. The summed E-state index contributed by atoms with van der Waals surface area (Å²) in [5.41, 5.74) is -4.12. The molecule has 0 radical (unpaired) electrons. The normalized spacial score (nSPS) is 11.3. The van der Waals surface area contributed by atoms with Crippen molar-refractivity contribution in [1.82, 2.24) is 0 Å². The molecule has 0 aliphatic carbocycles. The smallest absolute Gasteiger partial charge is 0.416 e. The number of hydrogen-bond acceptors (Lipinski definition) is 6. The largest absolute Gasteiger partial charge is 0.462 e. The number of hydrogen-bond donors (Lipinski definition) is 2. The molecule has 7 nitrogen and oxygen atoms in total. The summed E-state index contributed by atoms with van der Waals surface area (Å²) in [6, 6.07) is 5.88. The van der Waals surface area contributed by atoms with Gasteiger partial charge >= 0.3 is 24.3 Å². The van der Waals surface area contributed by atoms with Crippen molar-refractivity contribution < 1.29 is 50.2 Å². The second kappa shape index (κ2) is 11.6. The number of carbonyl (C=O) groups is 3. The molecule has 0 heterocycles. The lowest BCUT2D eigenvalue weighted by molar-refractivity contribution is -0.147. The van der Waals surface area contributed by atoms with Gasteiger partial charge in [-0.05, 0) is 56.3 Å². The highest BCUT2D eigenvalue weighted by Gasteiger charge is 2.37. The maximum Gasteiger partial charge on any atom is 0.416 e. The fourth-order valence-electron chi connectivity index (χ4n) is 2.71. The standard InChI is InChI=1S/C23H20F6N2O5/c1-3-35-20(33)18(21(34)36-4-2)12-30-16-5-7-17(8-6-16)31-19(32)13-9-14(22(24,25)26)11-15(10-13)23(27,28)29/h5-12,30H,3-4H2,1-2H3,(H,31,32). The van der Waals surface area contributed by atoms with Crippen molar-refractivity contribution in [2.45, 2.75) is 26.2 Å². The highest BCUT2D eigenvalue weighted by Crippen LogP contribution is 2.36. The van der Waals surface area contributed by atoms with Gasteiger partial charge in [-0.1, -0.05) is 0 Å². The Hall–Kier alpha value is -4.03. The molecule has 0 bridgehead atoms. The Balaban J connectivity index is 2.21. The SMILES string of the molecule is CCOC(=O)C(=CNc1ccc(NC(=O)c2cc(C(F)(F)F)cc(C(F)(F)F)c2)cc1)C(=O)OCC. The van der Waals surface area contributed by atoms with E-state index in [9.17, 15) is 40.7 Å². The first-order chi connectivity index (χ1) is 16.8. The van der Waals surface area contributed by atoms with Crippen LogP contribution in [0.1, 0.15) is 35.3 Å². The molecule has 0 spiro atoms. The zero-order valence-corrected chi connectivity index (χ0v) is 18.8. The predicted molar refractivity (Wildman–Crippen MR) is 116 cm³/mol. The molecule has 0 saturated carbocycles. The van der Waals surface area contributed by atoms with Crippen LogP contribution < -0.4 is 10.6 Å². The third-order valence-corrected chi connectivity index (χ3v) is 4.37. The Morgan fingerprint density at radius 1 is 0.778 bits per heavy atom. The highest BCUT2D eigenvalue weighted by molar-refractivity contribution is 6.14. The van der Waals surface area contributed by atoms with Crippen molar-refractivity contribution in [2.24, 2.45) is 0 Å². The van der Waals surface area contributed by atoms with Gasteiger partial charge in [-0.25, -0.2) is 9.59 Å². The number of nitrogens with one attached hydrogen (secondary N) is 2. The fraction of sp³-hybridized carbons (Fsp3) is 0.261. The van der Waals surface area contributed by atoms with E-state index in [-0.39, 0.29) is 25.0 Å². The first-order valence-corrected chi connectivity index (χ1v) is 10.3. The van der Waals surface area contributed by atoms with Crippen LogP contribution in [-0.4, -0.2) is 31.1 Å². The predicted octanol–water partition coefficient (Wildman–Crippen LogP) is 5.40. The topological polar surface area (TPSA) is 93.7 Å². The minimum atomic E-state index is -5.09. The van der Waals surface area contributed by atoms with Crippen LogP contribution in [0.25, 0.3) is 0 Å². The minimum absolute atomic E-state index is 0.0142. The van der Waals surface area contributed by atoms with E-state index < -0.39 is 52.5 Å². The second-order valence-electron chi connectivity index (χ2n) is 6.97. The Bertz CT molecular complexity index is 1090. The van der Waals surface area contributed by atoms with Crippen LogP contribution in [0.5, 0.6) is 0 Å². The van der Waals surface area contributed by atoms with Crippen LogP contribution in [-0.2, 0) is 31.4 Å². The van der Waals surface area contributed by atoms with E-state index in [0.29, 0.717) is 17.8 Å². The lowest BCUT2D eigenvalue weighted by Crippen LogP contribution is -2.19. The number of halogens is 6. The summed E-state index contributed by atoms with van der Waals surface area (Å²) >= 11 is 0. The summed E-state index contributed by atoms with van der Waals surface area (Å²) in [4.78, 5) is 36.3. The average molecular weight is 518 g/mol. The summed E-state index contributed by atoms with van der Waals surface area (Å²) in [7, 11) is 0. The molecule has 0 saturated heterocycles. The van der Waals surface area contributed by atoms with Crippen molar-refractivity contribution in [3.8, 4) is 0 Å². The quantitative estimate of drug-likeness (QED) is 0.160. The molecule has 0 atom stereocenters. The lowest BCUT2D eigenvalue weighted by Gasteiger charge is -2.14. The highest BCUT2D eigenvalue weighted by atomic mass is 19.4. The molecule has 0 unspecified atom stereocenters. The van der Waals surface area contributed by atoms with Crippen LogP contribution in [0.15, 0.2) is 54.2 Å². The van der Waals surface area contributed by atoms with E-state index in [1.54, 1.807) is 13.8 Å². The van der Waals surface area contributed by atoms with E-state index in [2.05, 4.69) is 10.6 Å². The van der Waals surface area contributed by atoms with Crippen LogP contribution in [0.2, 0.25) is 0 Å². The summed E-state index contributed by atoms with van der Waals surface area (Å²) in [5, 5.41) is 4.87. The average Bonchev–Trinajstić information content (AvgIpc) is 2.79. The van der Waals surface area contributed by atoms with Crippen molar-refractivity contribution in [2.75, 3.05) is 23.8 Å². The number of benzene rings is 2. The van der Waals surface area contributed by atoms with Gasteiger partial charge in [0.1, 0.15) is 0 Å². The fourth-order valence-corrected chi connectivity index (χ4v) is 2.71. The monoisotopic (exact) mass is 518 g/mol. The van der Waals surface area contributed by atoms with Gasteiger partial charge in [-0.2, -0.15) is 26.3 Å². The zero-order chi connectivity index (χ0) is 27.1. The zero-order valence-electron chi connectivity index (χ0n) is 18.8. The molecular weight excluding hydrogens is 498 g/mol. The molecule has 2 aromatic rings. The summed E-state index contributed by atoms with van der Waals surface area (Å²) in [5.74, 6) is -3.04.